The second kappa shape index (κ2) is 5.71. The predicted molar refractivity (Wildman–Crippen MR) is 82.7 cm³/mol. The Hall–Kier alpha value is -0.910. The maximum Gasteiger partial charge on any atom is 0.151 e. The highest BCUT2D eigenvalue weighted by Crippen LogP contribution is 2.54. The zero-order valence-electron chi connectivity index (χ0n) is 12.2. The molecule has 2 N–H and O–H groups in total. The first-order valence-corrected chi connectivity index (χ1v) is 9.50. The van der Waals surface area contributed by atoms with E-state index in [2.05, 4.69) is 5.32 Å². The molecule has 3 rings (SSSR count). The van der Waals surface area contributed by atoms with E-state index in [1.807, 2.05) is 30.3 Å². The fourth-order valence-corrected chi connectivity index (χ4v) is 4.90. The molecule has 2 aliphatic rings. The second-order valence-electron chi connectivity index (χ2n) is 6.51. The Labute approximate surface area is 126 Å². The van der Waals surface area contributed by atoms with Crippen molar-refractivity contribution >= 4 is 9.84 Å². The molecule has 1 saturated carbocycles. The number of hydrogen-bond donors (Lipinski definition) is 2. The Balaban J connectivity index is 1.60. The Morgan fingerprint density at radius 2 is 2.00 bits per heavy atom. The van der Waals surface area contributed by atoms with Gasteiger partial charge in [0.25, 0.3) is 0 Å². The topological polar surface area (TPSA) is 66.4 Å². The number of benzene rings is 1. The van der Waals surface area contributed by atoms with Gasteiger partial charge in [-0.2, -0.15) is 0 Å². The zero-order valence-corrected chi connectivity index (χ0v) is 13.0. The first-order valence-electron chi connectivity index (χ1n) is 7.68. The lowest BCUT2D eigenvalue weighted by Crippen LogP contribution is -2.43. The Morgan fingerprint density at radius 1 is 1.29 bits per heavy atom. The van der Waals surface area contributed by atoms with Crippen molar-refractivity contribution in [3.63, 3.8) is 0 Å². The van der Waals surface area contributed by atoms with Crippen LogP contribution in [0, 0.1) is 5.41 Å². The lowest BCUT2D eigenvalue weighted by molar-refractivity contribution is 0.0901. The highest BCUT2D eigenvalue weighted by Gasteiger charge is 2.49. The zero-order chi connectivity index (χ0) is 14.9. The monoisotopic (exact) mass is 309 g/mol. The molecule has 4 nitrogen and oxygen atoms in total. The minimum absolute atomic E-state index is 0.0456. The van der Waals surface area contributed by atoms with Crippen molar-refractivity contribution in [2.45, 2.75) is 37.8 Å². The van der Waals surface area contributed by atoms with Crippen LogP contribution in [0.15, 0.2) is 30.3 Å². The van der Waals surface area contributed by atoms with E-state index >= 15 is 0 Å². The summed E-state index contributed by atoms with van der Waals surface area (Å²) in [6.45, 7) is 0.698. The van der Waals surface area contributed by atoms with Gasteiger partial charge in [-0.25, -0.2) is 8.42 Å². The molecule has 0 amide bonds. The van der Waals surface area contributed by atoms with Crippen molar-refractivity contribution < 1.29 is 13.5 Å². The summed E-state index contributed by atoms with van der Waals surface area (Å²) in [5, 5.41) is 14.0. The van der Waals surface area contributed by atoms with Gasteiger partial charge in [-0.05, 0) is 31.2 Å². The molecule has 0 radical (unpaired) electrons. The molecular weight excluding hydrogens is 286 g/mol. The molecule has 0 spiro atoms. The van der Waals surface area contributed by atoms with Crippen LogP contribution in [0.3, 0.4) is 0 Å². The van der Waals surface area contributed by atoms with E-state index < -0.39 is 15.9 Å². The summed E-state index contributed by atoms with van der Waals surface area (Å²) in [5.41, 5.74) is 0.843. The summed E-state index contributed by atoms with van der Waals surface area (Å²) in [6, 6.07) is 9.78. The fraction of sp³-hybridized carbons (Fsp3) is 0.625. The number of rotatable bonds is 5. The molecule has 5 heteroatoms. The standard InChI is InChI=1S/C16H23NO3S/c18-15(13-5-2-1-3-6-13)16(8-9-16)12-17-14-7-4-10-21(19,20)11-14/h1-3,5-6,14-15,17-18H,4,7-12H2. The maximum atomic E-state index is 11.7. The molecule has 21 heavy (non-hydrogen) atoms. The summed E-state index contributed by atoms with van der Waals surface area (Å²) in [6.07, 6.45) is 3.18. The molecular formula is C16H23NO3S. The first-order chi connectivity index (χ1) is 10.0. The highest BCUT2D eigenvalue weighted by atomic mass is 32.2. The van der Waals surface area contributed by atoms with Crippen LogP contribution in [-0.4, -0.2) is 37.6 Å². The van der Waals surface area contributed by atoms with Gasteiger partial charge in [-0.15, -0.1) is 0 Å². The van der Waals surface area contributed by atoms with E-state index in [1.54, 1.807) is 0 Å². The molecule has 2 unspecified atom stereocenters. The van der Waals surface area contributed by atoms with Crippen LogP contribution in [0.2, 0.25) is 0 Å². The van der Waals surface area contributed by atoms with Crippen LogP contribution in [0.4, 0.5) is 0 Å². The molecule has 0 aromatic heterocycles. The normalized spacial score (nSPS) is 28.0. The van der Waals surface area contributed by atoms with Crippen molar-refractivity contribution in [1.82, 2.24) is 5.32 Å². The second-order valence-corrected chi connectivity index (χ2v) is 8.74. The van der Waals surface area contributed by atoms with Crippen LogP contribution in [-0.2, 0) is 9.84 Å². The third-order valence-electron chi connectivity index (χ3n) is 4.79. The van der Waals surface area contributed by atoms with Gasteiger partial charge in [0.2, 0.25) is 0 Å². The molecule has 1 aromatic rings. The van der Waals surface area contributed by atoms with Crippen LogP contribution in [0.1, 0.15) is 37.4 Å². The van der Waals surface area contributed by atoms with Crippen LogP contribution < -0.4 is 5.32 Å². The number of sulfone groups is 1. The van der Waals surface area contributed by atoms with E-state index in [4.69, 9.17) is 0 Å². The third kappa shape index (κ3) is 3.47. The average Bonchev–Trinajstić information content (AvgIpc) is 3.26. The first kappa shape index (κ1) is 15.0. The van der Waals surface area contributed by atoms with E-state index in [0.717, 1.165) is 31.2 Å². The van der Waals surface area contributed by atoms with Crippen molar-refractivity contribution in [3.8, 4) is 0 Å². The van der Waals surface area contributed by atoms with E-state index in [0.29, 0.717) is 12.3 Å². The molecule has 1 heterocycles. The predicted octanol–water partition coefficient (Wildman–Crippen LogP) is 1.67. The van der Waals surface area contributed by atoms with Gasteiger partial charge in [-0.3, -0.25) is 0 Å². The van der Waals surface area contributed by atoms with Gasteiger partial charge < -0.3 is 10.4 Å². The third-order valence-corrected chi connectivity index (χ3v) is 6.61. The van der Waals surface area contributed by atoms with Crippen molar-refractivity contribution in [3.05, 3.63) is 35.9 Å². The Bertz CT molecular complexity index is 581. The molecule has 1 aliphatic carbocycles. The van der Waals surface area contributed by atoms with Gasteiger partial charge in [0.1, 0.15) is 0 Å². The molecule has 1 saturated heterocycles. The van der Waals surface area contributed by atoms with Crippen molar-refractivity contribution in [2.75, 3.05) is 18.1 Å². The number of hydrogen-bond acceptors (Lipinski definition) is 4. The maximum absolute atomic E-state index is 11.7. The van der Waals surface area contributed by atoms with Gasteiger partial charge in [0.05, 0.1) is 17.6 Å². The summed E-state index contributed by atoms with van der Waals surface area (Å²) in [5.74, 6) is 0.563. The highest BCUT2D eigenvalue weighted by molar-refractivity contribution is 7.91. The molecule has 116 valence electrons. The van der Waals surface area contributed by atoms with Crippen molar-refractivity contribution in [1.29, 1.82) is 0 Å². The molecule has 1 aliphatic heterocycles. The summed E-state index contributed by atoms with van der Waals surface area (Å²) < 4.78 is 23.3. The fourth-order valence-electron chi connectivity index (χ4n) is 3.23. The number of nitrogens with one attached hydrogen (secondary N) is 1. The van der Waals surface area contributed by atoms with Gasteiger partial charge in [0, 0.05) is 18.0 Å². The van der Waals surface area contributed by atoms with E-state index in [9.17, 15) is 13.5 Å². The van der Waals surface area contributed by atoms with E-state index in [-0.39, 0.29) is 17.2 Å². The smallest absolute Gasteiger partial charge is 0.151 e. The van der Waals surface area contributed by atoms with Gasteiger partial charge in [0.15, 0.2) is 9.84 Å². The van der Waals surface area contributed by atoms with Gasteiger partial charge in [-0.1, -0.05) is 30.3 Å². The van der Waals surface area contributed by atoms with Crippen molar-refractivity contribution in [2.24, 2.45) is 5.41 Å². The molecule has 0 bridgehead atoms. The quantitative estimate of drug-likeness (QED) is 0.868. The Kier molecular flexibility index (Phi) is 4.08. The average molecular weight is 309 g/mol. The number of aliphatic hydroxyl groups excluding tert-OH is 1. The lowest BCUT2D eigenvalue weighted by atomic mass is 9.92. The molecule has 2 fully saturated rings. The summed E-state index contributed by atoms with van der Waals surface area (Å²) >= 11 is 0. The van der Waals surface area contributed by atoms with E-state index in [1.165, 1.54) is 0 Å². The SMILES string of the molecule is O=S1(=O)CCCC(NCC2(C(O)c3ccccc3)CC2)C1. The summed E-state index contributed by atoms with van der Waals surface area (Å²) in [7, 11) is -2.88. The minimum Gasteiger partial charge on any atom is -0.388 e. The van der Waals surface area contributed by atoms with Gasteiger partial charge >= 0.3 is 0 Å². The van der Waals surface area contributed by atoms with Crippen LogP contribution >= 0.6 is 0 Å². The minimum atomic E-state index is -2.88. The number of aliphatic hydroxyl groups is 1. The summed E-state index contributed by atoms with van der Waals surface area (Å²) in [4.78, 5) is 0. The largest absolute Gasteiger partial charge is 0.388 e. The molecule has 1 aromatic carbocycles. The van der Waals surface area contributed by atoms with Crippen LogP contribution in [0.25, 0.3) is 0 Å². The Morgan fingerprint density at radius 3 is 2.62 bits per heavy atom. The lowest BCUT2D eigenvalue weighted by Gasteiger charge is -2.28. The van der Waals surface area contributed by atoms with Crippen LogP contribution in [0.5, 0.6) is 0 Å². The molecule has 2 atom stereocenters.